The van der Waals surface area contributed by atoms with Crippen molar-refractivity contribution in [2.75, 3.05) is 18.2 Å². The van der Waals surface area contributed by atoms with Crippen LogP contribution in [-0.2, 0) is 15.3 Å². The van der Waals surface area contributed by atoms with Gasteiger partial charge in [-0.25, -0.2) is 4.79 Å². The average molecular weight is 333 g/mol. The second kappa shape index (κ2) is 7.87. The van der Waals surface area contributed by atoms with Crippen molar-refractivity contribution in [3.05, 3.63) is 53.0 Å². The largest absolute Gasteiger partial charge is 0.463 e. The molecule has 0 radical (unpaired) electrons. The summed E-state index contributed by atoms with van der Waals surface area (Å²) in [6.45, 7) is 4.04. The number of thioether (sulfide) groups is 1. The first kappa shape index (κ1) is 17.1. The van der Waals surface area contributed by atoms with Crippen molar-refractivity contribution in [1.82, 2.24) is 0 Å². The molecule has 0 aliphatic carbocycles. The van der Waals surface area contributed by atoms with Gasteiger partial charge in [0, 0.05) is 5.69 Å². The van der Waals surface area contributed by atoms with Crippen LogP contribution in [0.1, 0.15) is 27.4 Å². The normalized spacial score (nSPS) is 10.4. The van der Waals surface area contributed by atoms with Crippen molar-refractivity contribution in [3.63, 3.8) is 0 Å². The molecule has 0 saturated carbocycles. The zero-order chi connectivity index (χ0) is 16.8. The van der Waals surface area contributed by atoms with Gasteiger partial charge in [-0.1, -0.05) is 6.07 Å². The van der Waals surface area contributed by atoms with E-state index >= 15 is 0 Å². The van der Waals surface area contributed by atoms with E-state index in [1.807, 2.05) is 32.0 Å². The number of hydrogen-bond acceptors (Lipinski definition) is 5. The molecule has 0 atom stereocenters. The highest BCUT2D eigenvalue weighted by Gasteiger charge is 2.11. The van der Waals surface area contributed by atoms with Gasteiger partial charge in [0.25, 0.3) is 0 Å². The van der Waals surface area contributed by atoms with E-state index in [1.54, 1.807) is 12.1 Å². The number of aryl methyl sites for hydroxylation is 2. The van der Waals surface area contributed by atoms with E-state index in [0.29, 0.717) is 17.3 Å². The molecule has 1 amide bonds. The predicted octanol–water partition coefficient (Wildman–Crippen LogP) is 3.55. The van der Waals surface area contributed by atoms with Gasteiger partial charge in [-0.05, 0) is 49.2 Å². The summed E-state index contributed by atoms with van der Waals surface area (Å²) in [5.74, 6) is 1.04. The summed E-state index contributed by atoms with van der Waals surface area (Å²) in [4.78, 5) is 23.2. The quantitative estimate of drug-likeness (QED) is 0.819. The summed E-state index contributed by atoms with van der Waals surface area (Å²) in [7, 11) is 1.30. The van der Waals surface area contributed by atoms with E-state index in [4.69, 9.17) is 4.42 Å². The second-order valence-electron chi connectivity index (χ2n) is 5.10. The number of methoxy groups -OCH3 is 1. The molecule has 0 aliphatic rings. The number of nitrogens with one attached hydrogen (secondary N) is 1. The van der Waals surface area contributed by atoms with E-state index < -0.39 is 5.97 Å². The highest BCUT2D eigenvalue weighted by atomic mass is 32.2. The zero-order valence-electron chi connectivity index (χ0n) is 13.3. The Bertz CT molecular complexity index is 708. The number of esters is 1. The highest BCUT2D eigenvalue weighted by molar-refractivity contribution is 7.99. The van der Waals surface area contributed by atoms with Crippen LogP contribution in [-0.4, -0.2) is 24.7 Å². The van der Waals surface area contributed by atoms with Crippen molar-refractivity contribution in [3.8, 4) is 0 Å². The van der Waals surface area contributed by atoms with Gasteiger partial charge in [0.15, 0.2) is 0 Å². The van der Waals surface area contributed by atoms with E-state index in [2.05, 4.69) is 10.1 Å². The molecule has 0 spiro atoms. The molecule has 2 aromatic rings. The fraction of sp³-hybridized carbons (Fsp3) is 0.294. The lowest BCUT2D eigenvalue weighted by atomic mass is 10.1. The van der Waals surface area contributed by atoms with E-state index in [1.165, 1.54) is 24.4 Å². The standard InChI is InChI=1S/C17H19NO4S/c1-11-4-5-13(8-12(11)2)18-16(19)10-23-9-14-6-7-15(22-14)17(20)21-3/h4-8H,9-10H2,1-3H3,(H,18,19). The minimum atomic E-state index is -0.506. The number of benzene rings is 1. The van der Waals surface area contributed by atoms with Crippen LogP contribution in [0.25, 0.3) is 0 Å². The Labute approximate surface area is 139 Å². The number of carbonyl (C=O) groups is 2. The Hall–Kier alpha value is -2.21. The molecule has 0 fully saturated rings. The Balaban J connectivity index is 1.79. The van der Waals surface area contributed by atoms with E-state index in [0.717, 1.165) is 11.3 Å². The van der Waals surface area contributed by atoms with Crippen LogP contribution in [0.5, 0.6) is 0 Å². The molecule has 1 aromatic heterocycles. The maximum absolute atomic E-state index is 11.9. The van der Waals surface area contributed by atoms with Crippen molar-refractivity contribution in [2.24, 2.45) is 0 Å². The summed E-state index contributed by atoms with van der Waals surface area (Å²) in [6, 6.07) is 9.10. The number of amides is 1. The molecule has 0 unspecified atom stereocenters. The smallest absolute Gasteiger partial charge is 0.373 e. The molecule has 23 heavy (non-hydrogen) atoms. The first-order chi connectivity index (χ1) is 11.0. The number of hydrogen-bond donors (Lipinski definition) is 1. The highest BCUT2D eigenvalue weighted by Crippen LogP contribution is 2.18. The average Bonchev–Trinajstić information content (AvgIpc) is 2.99. The Morgan fingerprint density at radius 2 is 1.96 bits per heavy atom. The predicted molar refractivity (Wildman–Crippen MR) is 90.8 cm³/mol. The molecule has 1 N–H and O–H groups in total. The van der Waals surface area contributed by atoms with Crippen molar-refractivity contribution in [2.45, 2.75) is 19.6 Å². The minimum absolute atomic E-state index is 0.0713. The maximum Gasteiger partial charge on any atom is 0.373 e. The van der Waals surface area contributed by atoms with Gasteiger partial charge in [0.2, 0.25) is 11.7 Å². The van der Waals surface area contributed by atoms with Crippen molar-refractivity contribution >= 4 is 29.3 Å². The molecule has 6 heteroatoms. The van der Waals surface area contributed by atoms with Crippen LogP contribution >= 0.6 is 11.8 Å². The monoisotopic (exact) mass is 333 g/mol. The van der Waals surface area contributed by atoms with Crippen LogP contribution in [0.2, 0.25) is 0 Å². The fourth-order valence-electron chi connectivity index (χ4n) is 1.93. The number of carbonyl (C=O) groups excluding carboxylic acids is 2. The Morgan fingerprint density at radius 3 is 2.65 bits per heavy atom. The lowest BCUT2D eigenvalue weighted by Gasteiger charge is -2.07. The first-order valence-corrected chi connectivity index (χ1v) is 8.27. The lowest BCUT2D eigenvalue weighted by Crippen LogP contribution is -2.14. The number of anilines is 1. The SMILES string of the molecule is COC(=O)c1ccc(CSCC(=O)Nc2ccc(C)c(C)c2)o1. The van der Waals surface area contributed by atoms with Gasteiger partial charge in [0.1, 0.15) is 5.76 Å². The third kappa shape index (κ3) is 4.89. The second-order valence-corrected chi connectivity index (χ2v) is 6.08. The van der Waals surface area contributed by atoms with Crippen LogP contribution in [0, 0.1) is 13.8 Å². The van der Waals surface area contributed by atoms with Gasteiger partial charge < -0.3 is 14.5 Å². The van der Waals surface area contributed by atoms with Gasteiger partial charge in [-0.15, -0.1) is 11.8 Å². The van der Waals surface area contributed by atoms with E-state index in [9.17, 15) is 9.59 Å². The molecule has 0 bridgehead atoms. The molecule has 2 rings (SSSR count). The zero-order valence-corrected chi connectivity index (χ0v) is 14.2. The fourth-order valence-corrected chi connectivity index (χ4v) is 2.64. The molecule has 122 valence electrons. The summed E-state index contributed by atoms with van der Waals surface area (Å²) in [5, 5.41) is 2.86. The van der Waals surface area contributed by atoms with Crippen LogP contribution in [0.15, 0.2) is 34.7 Å². The van der Waals surface area contributed by atoms with Crippen molar-refractivity contribution < 1.29 is 18.7 Å². The lowest BCUT2D eigenvalue weighted by molar-refractivity contribution is -0.113. The minimum Gasteiger partial charge on any atom is -0.463 e. The first-order valence-electron chi connectivity index (χ1n) is 7.11. The van der Waals surface area contributed by atoms with Crippen LogP contribution in [0.4, 0.5) is 5.69 Å². The van der Waals surface area contributed by atoms with E-state index in [-0.39, 0.29) is 11.7 Å². The van der Waals surface area contributed by atoms with Gasteiger partial charge >= 0.3 is 5.97 Å². The molecule has 1 heterocycles. The third-order valence-corrected chi connectivity index (χ3v) is 4.27. The van der Waals surface area contributed by atoms with Crippen LogP contribution < -0.4 is 5.32 Å². The summed E-state index contributed by atoms with van der Waals surface area (Å²) in [5.41, 5.74) is 3.13. The summed E-state index contributed by atoms with van der Waals surface area (Å²) < 4.78 is 9.91. The molecule has 5 nitrogen and oxygen atoms in total. The number of ether oxygens (including phenoxy) is 1. The molecule has 0 aliphatic heterocycles. The molecular weight excluding hydrogens is 314 g/mol. The topological polar surface area (TPSA) is 68.5 Å². The molecule has 0 saturated heterocycles. The van der Waals surface area contributed by atoms with Crippen LogP contribution in [0.3, 0.4) is 0 Å². The maximum atomic E-state index is 11.9. The molecule has 1 aromatic carbocycles. The summed E-state index contributed by atoms with van der Waals surface area (Å²) >= 11 is 1.42. The van der Waals surface area contributed by atoms with Gasteiger partial charge in [-0.3, -0.25) is 4.79 Å². The number of rotatable bonds is 6. The Kier molecular flexibility index (Phi) is 5.87. The summed E-state index contributed by atoms with van der Waals surface area (Å²) in [6.07, 6.45) is 0. The van der Waals surface area contributed by atoms with Gasteiger partial charge in [-0.2, -0.15) is 0 Å². The third-order valence-electron chi connectivity index (χ3n) is 3.32. The van der Waals surface area contributed by atoms with Crippen molar-refractivity contribution in [1.29, 1.82) is 0 Å². The Morgan fingerprint density at radius 1 is 1.17 bits per heavy atom. The number of furan rings is 1. The van der Waals surface area contributed by atoms with Gasteiger partial charge in [0.05, 0.1) is 18.6 Å². The molecular formula is C17H19NO4S.